The number of rotatable bonds is 42. The molecule has 28 nitrogen and oxygen atoms in total. The van der Waals surface area contributed by atoms with Crippen LogP contribution in [0.4, 0.5) is 40.8 Å². The number of ketones is 2. The van der Waals surface area contributed by atoms with Gasteiger partial charge in [-0.25, -0.2) is 37.5 Å². The number of carboxylic acids is 2. The van der Waals surface area contributed by atoms with Crippen LogP contribution in [-0.2, 0) is 108 Å². The van der Waals surface area contributed by atoms with Crippen molar-refractivity contribution >= 4 is 46.8 Å². The zero-order valence-corrected chi connectivity index (χ0v) is 88.2. The summed E-state index contributed by atoms with van der Waals surface area (Å²) in [6, 6.07) is 28.6. The van der Waals surface area contributed by atoms with Crippen LogP contribution in [0.25, 0.3) is 0 Å². The maximum absolute atomic E-state index is 14.3. The van der Waals surface area contributed by atoms with Gasteiger partial charge in [-0.05, 0) is 348 Å². The van der Waals surface area contributed by atoms with Gasteiger partial charge in [0.25, 0.3) is 0 Å². The van der Waals surface area contributed by atoms with Crippen molar-refractivity contribution in [1.82, 2.24) is 39.5 Å². The molecule has 12 aliphatic rings. The van der Waals surface area contributed by atoms with Gasteiger partial charge < -0.3 is 78.8 Å². The number of likely N-dealkylation sites (tertiary alicyclic amines) is 4. The molecular formula is C118H156F4N12O16. The molecule has 0 amide bonds. The molecular weight excluding hydrogens is 1920 g/mol. The average Bonchev–Trinajstić information content (AvgIpc) is 1.73. The molecule has 0 bridgehead atoms. The first kappa shape index (κ1) is 111. The number of carbonyl (C=O) groups excluding carboxylic acids is 2. The van der Waals surface area contributed by atoms with Crippen molar-refractivity contribution in [1.29, 1.82) is 0 Å². The molecule has 0 spiro atoms. The Morgan fingerprint density at radius 2 is 0.640 bits per heavy atom. The number of carboxylic acid groups (broad SMARTS) is 2. The van der Waals surface area contributed by atoms with Crippen molar-refractivity contribution in [2.24, 2.45) is 0 Å². The lowest BCUT2D eigenvalue weighted by atomic mass is 9.92. The zero-order valence-electron chi connectivity index (χ0n) is 88.2. The van der Waals surface area contributed by atoms with Crippen LogP contribution in [0.3, 0.4) is 0 Å². The molecule has 0 saturated carbocycles. The van der Waals surface area contributed by atoms with Crippen molar-refractivity contribution in [3.8, 4) is 11.5 Å². The standard InChI is InChI=1S/2C30H40FN3O4.2C29H38FN3O4/c2*1-20(35)29(26-17-21(31)10-11-24(26)27-9-6-16-38-27)34-14-12-23(19-34)37-15-4-3-7-22-18-28(36-2)25-8-5-13-32-30(25)33-22;2*30-21-10-12-24(26-8-2-4-17-37-26)25(18-21)27(29(34)35)33-15-13-23(19-33)36-16-3-1-7-22-11-9-20-6-5-14-31-28(20)32-22/h2*10-11,17-18,23,27,29H,3-9,12-16,19H2,1-2H3,(H,32,33);2*9-12,18,23,26-27H,1-8,13-17,19H2,(H,31,32)(H,34,35)/t23-,27+,29+;23-,27+,29-;23-,26+,27-;23-,26-,27-/m1100/s1. The van der Waals surface area contributed by atoms with Gasteiger partial charge in [-0.2, -0.15) is 0 Å². The van der Waals surface area contributed by atoms with Crippen LogP contribution >= 0.6 is 0 Å². The van der Waals surface area contributed by atoms with Gasteiger partial charge in [0.1, 0.15) is 70.1 Å². The summed E-state index contributed by atoms with van der Waals surface area (Å²) in [6.45, 7) is 17.5. The van der Waals surface area contributed by atoms with E-state index in [1.54, 1.807) is 52.3 Å². The van der Waals surface area contributed by atoms with Gasteiger partial charge in [-0.15, -0.1) is 0 Å². The number of benzene rings is 4. The van der Waals surface area contributed by atoms with Crippen LogP contribution in [0.15, 0.2) is 109 Å². The van der Waals surface area contributed by atoms with E-state index in [1.165, 1.54) is 70.8 Å². The second kappa shape index (κ2) is 55.6. The van der Waals surface area contributed by atoms with Crippen molar-refractivity contribution in [2.45, 2.75) is 305 Å². The number of nitrogens with zero attached hydrogens (tertiary/aromatic N) is 8. The van der Waals surface area contributed by atoms with Crippen LogP contribution in [0.2, 0.25) is 0 Å². The van der Waals surface area contributed by atoms with Crippen LogP contribution in [0.5, 0.6) is 11.5 Å². The number of ether oxygens (including phenoxy) is 10. The summed E-state index contributed by atoms with van der Waals surface area (Å²) in [5, 5.41) is 33.9. The van der Waals surface area contributed by atoms with E-state index in [0.29, 0.717) is 103 Å². The third-order valence-corrected chi connectivity index (χ3v) is 31.5. The molecule has 0 unspecified atom stereocenters. The second-order valence-corrected chi connectivity index (χ2v) is 42.3. The largest absolute Gasteiger partial charge is 0.496 e. The van der Waals surface area contributed by atoms with Gasteiger partial charge in [0, 0.05) is 177 Å². The number of aryl methyl sites for hydroxylation is 6. The minimum Gasteiger partial charge on any atom is -0.496 e. The fraction of sp³-hybridized carbons (Fsp3) is 0.593. The summed E-state index contributed by atoms with van der Waals surface area (Å²) >= 11 is 0. The summed E-state index contributed by atoms with van der Waals surface area (Å²) < 4.78 is 117. The molecule has 6 N–H and O–H groups in total. The molecule has 4 aromatic carbocycles. The molecule has 4 aromatic heterocycles. The van der Waals surface area contributed by atoms with E-state index < -0.39 is 47.7 Å². The number of fused-ring (bicyclic) bond motifs is 4. The van der Waals surface area contributed by atoms with Gasteiger partial charge in [0.15, 0.2) is 11.6 Å². The SMILES string of the molecule is COc1cc(CCCCO[C@@H]2CCN([C@@H](C(C)=O)c3cc(F)ccc3[C@@H]3CCCO3)C2)nc2c1CCCN2.COc1cc(CCCCO[C@@H]2CCN([C@H](C(C)=O)c3cc(F)ccc3[C@@H]3CCCO3)C2)nc2c1CCCN2.O=C(O)[C@H](c1cc(F)ccc1[C@@H]1CCCCO1)N1CC[C@H](OCCCCc2ccc3c(n2)NCCC3)C1.O=C(O)[C@H](c1cc(F)ccc1[C@H]1CCCCO1)N1CC[C@H](OCCCCc2ccc3c(n2)NCCC3)C1. The molecule has 8 fully saturated rings. The highest BCUT2D eigenvalue weighted by Gasteiger charge is 2.43. The van der Waals surface area contributed by atoms with Crippen LogP contribution in [0, 0.1) is 23.3 Å². The number of nitrogens with one attached hydrogen (secondary N) is 4. The Morgan fingerprint density at radius 3 is 0.940 bits per heavy atom. The zero-order chi connectivity index (χ0) is 104. The Morgan fingerprint density at radius 1 is 0.347 bits per heavy atom. The molecule has 20 rings (SSSR count). The highest BCUT2D eigenvalue weighted by molar-refractivity contribution is 5.84. The van der Waals surface area contributed by atoms with Crippen LogP contribution in [0.1, 0.15) is 319 Å². The van der Waals surface area contributed by atoms with E-state index in [1.807, 2.05) is 9.80 Å². The number of Topliss-reactive ketones (excluding diaryl/α,β-unsaturated/α-hetero) is 2. The van der Waals surface area contributed by atoms with Gasteiger partial charge in [-0.3, -0.25) is 38.8 Å². The number of unbranched alkanes of at least 4 members (excludes halogenated alkanes) is 4. The fourth-order valence-corrected chi connectivity index (χ4v) is 23.9. The van der Waals surface area contributed by atoms with E-state index in [9.17, 15) is 47.0 Å². The fourth-order valence-electron chi connectivity index (χ4n) is 23.9. The van der Waals surface area contributed by atoms with Crippen molar-refractivity contribution in [3.63, 3.8) is 0 Å². The van der Waals surface area contributed by atoms with Crippen molar-refractivity contribution in [3.05, 3.63) is 222 Å². The highest BCUT2D eigenvalue weighted by Crippen LogP contribution is 2.45. The number of hydrogen-bond acceptors (Lipinski definition) is 26. The third kappa shape index (κ3) is 29.9. The number of methoxy groups -OCH3 is 2. The van der Waals surface area contributed by atoms with E-state index >= 15 is 0 Å². The lowest BCUT2D eigenvalue weighted by Crippen LogP contribution is -2.34. The molecule has 0 aliphatic carbocycles. The second-order valence-electron chi connectivity index (χ2n) is 42.3. The minimum atomic E-state index is -0.963. The Hall–Kier alpha value is -10.2. The Balaban J connectivity index is 0.000000136. The topological polar surface area (TPSA) is 314 Å². The predicted molar refractivity (Wildman–Crippen MR) is 567 cm³/mol. The van der Waals surface area contributed by atoms with E-state index in [-0.39, 0.29) is 72.0 Å². The maximum Gasteiger partial charge on any atom is 0.325 e. The van der Waals surface area contributed by atoms with Gasteiger partial charge >= 0.3 is 11.9 Å². The van der Waals surface area contributed by atoms with Crippen molar-refractivity contribution in [2.75, 3.05) is 167 Å². The average molecular weight is 2070 g/mol. The van der Waals surface area contributed by atoms with E-state index in [4.69, 9.17) is 67.3 Å². The Kier molecular flexibility index (Phi) is 41.1. The first-order chi connectivity index (χ1) is 73.2. The lowest BCUT2D eigenvalue weighted by Gasteiger charge is -2.30. The number of aliphatic carboxylic acids is 2. The van der Waals surface area contributed by atoms with Gasteiger partial charge in [0.2, 0.25) is 0 Å². The Bertz CT molecular complexity index is 5390. The predicted octanol–water partition coefficient (Wildman–Crippen LogP) is 20.5. The summed E-state index contributed by atoms with van der Waals surface area (Å²) in [5.41, 5.74) is 15.3. The number of anilines is 4. The van der Waals surface area contributed by atoms with Gasteiger partial charge in [-0.1, -0.05) is 36.4 Å². The maximum atomic E-state index is 14.3. The molecule has 150 heavy (non-hydrogen) atoms. The molecule has 8 aromatic rings. The number of pyridine rings is 4. The first-order valence-electron chi connectivity index (χ1n) is 55.8. The molecule has 12 atom stereocenters. The summed E-state index contributed by atoms with van der Waals surface area (Å²) in [6.07, 6.45) is 32.4. The van der Waals surface area contributed by atoms with E-state index in [2.05, 4.69) is 67.5 Å². The summed E-state index contributed by atoms with van der Waals surface area (Å²) in [7, 11) is 3.45. The number of halogens is 4. The summed E-state index contributed by atoms with van der Waals surface area (Å²) in [5.74, 6) is 2.52. The minimum absolute atomic E-state index is 0.0177. The molecule has 32 heteroatoms. The lowest BCUT2D eigenvalue weighted by molar-refractivity contribution is -0.144. The van der Waals surface area contributed by atoms with E-state index in [0.717, 1.165) is 349 Å². The normalized spacial score (nSPS) is 22.5. The molecule has 0 radical (unpaired) electrons. The number of hydrogen-bond donors (Lipinski definition) is 6. The van der Waals surface area contributed by atoms with Crippen LogP contribution in [-0.4, -0.2) is 243 Å². The van der Waals surface area contributed by atoms with Gasteiger partial charge in [0.05, 0.1) is 75.1 Å². The third-order valence-electron chi connectivity index (χ3n) is 31.5. The summed E-state index contributed by atoms with van der Waals surface area (Å²) in [4.78, 5) is 77.7. The Labute approximate surface area is 881 Å². The monoisotopic (exact) mass is 2070 g/mol. The van der Waals surface area contributed by atoms with Crippen molar-refractivity contribution < 1.29 is 94.3 Å². The van der Waals surface area contributed by atoms with Crippen LogP contribution < -0.4 is 30.7 Å². The molecule has 16 heterocycles. The quantitative estimate of drug-likeness (QED) is 0.0153. The molecule has 8 saturated heterocycles. The first-order valence-corrected chi connectivity index (χ1v) is 55.8. The molecule has 812 valence electrons. The molecule has 12 aliphatic heterocycles. The smallest absolute Gasteiger partial charge is 0.325 e. The highest BCUT2D eigenvalue weighted by atomic mass is 19.1. The number of aromatic nitrogens is 4. The number of carbonyl (C=O) groups is 4.